The quantitative estimate of drug-likeness (QED) is 0.774. The number of aliphatic carboxylic acids is 1. The zero-order chi connectivity index (χ0) is 9.97. The Morgan fingerprint density at radius 3 is 3.14 bits per heavy atom. The number of hydrogen-bond acceptors (Lipinski definition) is 2. The second-order valence-corrected chi connectivity index (χ2v) is 4.53. The summed E-state index contributed by atoms with van der Waals surface area (Å²) in [6.07, 6.45) is 9.36. The lowest BCUT2D eigenvalue weighted by molar-refractivity contribution is -0.136. The van der Waals surface area contributed by atoms with Gasteiger partial charge in [0.15, 0.2) is 0 Å². The van der Waals surface area contributed by atoms with Gasteiger partial charge < -0.3 is 5.11 Å². The van der Waals surface area contributed by atoms with Crippen molar-refractivity contribution in [3.63, 3.8) is 0 Å². The summed E-state index contributed by atoms with van der Waals surface area (Å²) in [4.78, 5) is 10.5. The minimum atomic E-state index is -0.715. The molecule has 0 aromatic carbocycles. The van der Waals surface area contributed by atoms with Gasteiger partial charge in [0.1, 0.15) is 0 Å². The molecule has 2 nitrogen and oxygen atoms in total. The Labute approximate surface area is 87.4 Å². The van der Waals surface area contributed by atoms with E-state index >= 15 is 0 Å². The van der Waals surface area contributed by atoms with Gasteiger partial charge in [-0.2, -0.15) is 0 Å². The van der Waals surface area contributed by atoms with Gasteiger partial charge in [-0.15, -0.1) is 11.8 Å². The van der Waals surface area contributed by atoms with E-state index in [9.17, 15) is 4.79 Å². The molecule has 0 radical (unpaired) electrons. The van der Waals surface area contributed by atoms with Crippen molar-refractivity contribution in [2.45, 2.75) is 18.1 Å². The van der Waals surface area contributed by atoms with Crippen molar-refractivity contribution in [1.29, 1.82) is 0 Å². The third-order valence-electron chi connectivity index (χ3n) is 2.51. The number of carboxylic acid groups (broad SMARTS) is 1. The van der Waals surface area contributed by atoms with E-state index in [0.717, 1.165) is 0 Å². The molecule has 0 saturated carbocycles. The predicted octanol–water partition coefficient (Wildman–Crippen LogP) is 2.59. The smallest absolute Gasteiger partial charge is 0.303 e. The monoisotopic (exact) mass is 208 g/mol. The van der Waals surface area contributed by atoms with Crippen LogP contribution in [0.15, 0.2) is 35.3 Å². The van der Waals surface area contributed by atoms with Gasteiger partial charge in [0.05, 0.1) is 0 Å². The van der Waals surface area contributed by atoms with Gasteiger partial charge in [-0.3, -0.25) is 4.79 Å². The Morgan fingerprint density at radius 1 is 1.50 bits per heavy atom. The second kappa shape index (κ2) is 4.05. The molecule has 1 N–H and O–H groups in total. The highest BCUT2D eigenvalue weighted by Crippen LogP contribution is 2.39. The van der Waals surface area contributed by atoms with Crippen molar-refractivity contribution < 1.29 is 9.90 Å². The van der Waals surface area contributed by atoms with Gasteiger partial charge in [0, 0.05) is 17.6 Å². The van der Waals surface area contributed by atoms with E-state index in [-0.39, 0.29) is 6.42 Å². The number of hydrogen-bond donors (Lipinski definition) is 1. The van der Waals surface area contributed by atoms with Gasteiger partial charge in [0.2, 0.25) is 0 Å². The molecule has 0 amide bonds. The summed E-state index contributed by atoms with van der Waals surface area (Å²) in [6, 6.07) is 0. The van der Waals surface area contributed by atoms with E-state index in [4.69, 9.17) is 5.11 Å². The van der Waals surface area contributed by atoms with Crippen LogP contribution in [-0.2, 0) is 4.79 Å². The van der Waals surface area contributed by atoms with Crippen LogP contribution in [0.4, 0.5) is 0 Å². The maximum atomic E-state index is 10.5. The van der Waals surface area contributed by atoms with Crippen LogP contribution in [0, 0.1) is 5.92 Å². The lowest BCUT2D eigenvalue weighted by Crippen LogP contribution is -2.16. The summed E-state index contributed by atoms with van der Waals surface area (Å²) in [7, 11) is 0. The molecule has 74 valence electrons. The maximum absolute atomic E-state index is 10.5. The lowest BCUT2D eigenvalue weighted by atomic mass is 9.91. The summed E-state index contributed by atoms with van der Waals surface area (Å²) in [5.74, 6) is -0.234. The van der Waals surface area contributed by atoms with Gasteiger partial charge in [-0.25, -0.2) is 0 Å². The van der Waals surface area contributed by atoms with Crippen LogP contribution >= 0.6 is 11.8 Å². The Hall–Kier alpha value is -0.960. The minimum Gasteiger partial charge on any atom is -0.481 e. The summed E-state index contributed by atoms with van der Waals surface area (Å²) < 4.78 is 0. The maximum Gasteiger partial charge on any atom is 0.303 e. The fourth-order valence-electron chi connectivity index (χ4n) is 1.79. The first-order valence-corrected chi connectivity index (χ1v) is 5.63. The number of fused-ring (bicyclic) bond motifs is 1. The number of carboxylic acids is 1. The van der Waals surface area contributed by atoms with Crippen LogP contribution in [0.5, 0.6) is 0 Å². The SMILES string of the molecule is O=C(O)CCC1=CC=CC2C=CSC12. The molecule has 0 spiro atoms. The zero-order valence-corrected chi connectivity index (χ0v) is 8.54. The lowest BCUT2D eigenvalue weighted by Gasteiger charge is -2.21. The van der Waals surface area contributed by atoms with Crippen molar-refractivity contribution in [2.75, 3.05) is 0 Å². The number of thioether (sulfide) groups is 1. The van der Waals surface area contributed by atoms with Gasteiger partial charge in [0.25, 0.3) is 0 Å². The molecule has 2 atom stereocenters. The number of carbonyl (C=O) groups is 1. The highest BCUT2D eigenvalue weighted by molar-refractivity contribution is 8.03. The standard InChI is InChI=1S/C11H12O2S/c12-10(13)5-4-8-2-1-3-9-6-7-14-11(8)9/h1-3,6-7,9,11H,4-5H2,(H,12,13). The number of allylic oxidation sites excluding steroid dienone is 4. The molecule has 1 aliphatic heterocycles. The van der Waals surface area contributed by atoms with E-state index in [1.54, 1.807) is 11.8 Å². The zero-order valence-electron chi connectivity index (χ0n) is 7.72. The summed E-state index contributed by atoms with van der Waals surface area (Å²) in [5, 5.41) is 11.2. The Morgan fingerprint density at radius 2 is 2.36 bits per heavy atom. The van der Waals surface area contributed by atoms with Crippen LogP contribution < -0.4 is 0 Å². The molecule has 2 rings (SSSR count). The molecule has 0 aromatic heterocycles. The van der Waals surface area contributed by atoms with Gasteiger partial charge in [-0.05, 0) is 11.8 Å². The molecule has 0 fully saturated rings. The third kappa shape index (κ3) is 1.93. The van der Waals surface area contributed by atoms with Crippen LogP contribution in [-0.4, -0.2) is 16.3 Å². The highest BCUT2D eigenvalue weighted by Gasteiger charge is 2.26. The normalized spacial score (nSPS) is 28.7. The molecular weight excluding hydrogens is 196 g/mol. The van der Waals surface area contributed by atoms with Gasteiger partial charge in [-0.1, -0.05) is 29.9 Å². The van der Waals surface area contributed by atoms with Crippen molar-refractivity contribution in [1.82, 2.24) is 0 Å². The summed E-state index contributed by atoms with van der Waals surface area (Å²) in [6.45, 7) is 0. The van der Waals surface area contributed by atoms with Crippen molar-refractivity contribution in [3.8, 4) is 0 Å². The minimum absolute atomic E-state index is 0.240. The molecule has 2 aliphatic rings. The molecule has 0 aromatic rings. The molecule has 1 heterocycles. The second-order valence-electron chi connectivity index (χ2n) is 3.48. The van der Waals surface area contributed by atoms with Crippen LogP contribution in [0.2, 0.25) is 0 Å². The average Bonchev–Trinajstić information content (AvgIpc) is 2.62. The summed E-state index contributed by atoms with van der Waals surface area (Å²) in [5.41, 5.74) is 1.26. The van der Waals surface area contributed by atoms with E-state index in [1.165, 1.54) is 5.57 Å². The Bertz CT molecular complexity index is 328. The molecular formula is C11H12O2S. The number of rotatable bonds is 3. The van der Waals surface area contributed by atoms with Crippen LogP contribution in [0.3, 0.4) is 0 Å². The predicted molar refractivity (Wildman–Crippen MR) is 58.1 cm³/mol. The first-order valence-electron chi connectivity index (χ1n) is 4.68. The fraction of sp³-hybridized carbons (Fsp3) is 0.364. The molecule has 14 heavy (non-hydrogen) atoms. The fourth-order valence-corrected chi connectivity index (χ4v) is 2.97. The molecule has 0 bridgehead atoms. The van der Waals surface area contributed by atoms with E-state index in [0.29, 0.717) is 17.6 Å². The van der Waals surface area contributed by atoms with Crippen molar-refractivity contribution in [3.05, 3.63) is 35.3 Å². The third-order valence-corrected chi connectivity index (χ3v) is 3.74. The van der Waals surface area contributed by atoms with Crippen LogP contribution in [0.25, 0.3) is 0 Å². The van der Waals surface area contributed by atoms with E-state index in [2.05, 4.69) is 23.6 Å². The van der Waals surface area contributed by atoms with Gasteiger partial charge >= 0.3 is 5.97 Å². The summed E-state index contributed by atoms with van der Waals surface area (Å²) >= 11 is 1.79. The first-order chi connectivity index (χ1) is 6.77. The topological polar surface area (TPSA) is 37.3 Å². The molecule has 2 unspecified atom stereocenters. The molecule has 0 saturated heterocycles. The molecule has 3 heteroatoms. The van der Waals surface area contributed by atoms with Crippen molar-refractivity contribution in [2.24, 2.45) is 5.92 Å². The average molecular weight is 208 g/mol. The largest absolute Gasteiger partial charge is 0.481 e. The van der Waals surface area contributed by atoms with E-state index in [1.807, 2.05) is 6.08 Å². The molecule has 1 aliphatic carbocycles. The Balaban J connectivity index is 2.01. The van der Waals surface area contributed by atoms with E-state index < -0.39 is 5.97 Å². The first kappa shape index (κ1) is 9.59. The van der Waals surface area contributed by atoms with Crippen LogP contribution in [0.1, 0.15) is 12.8 Å². The highest BCUT2D eigenvalue weighted by atomic mass is 32.2. The Kier molecular flexibility index (Phi) is 2.77. The van der Waals surface area contributed by atoms with Crippen molar-refractivity contribution >= 4 is 17.7 Å².